The number of aliphatic hydroxyl groups excluding tert-OH is 1. The molecule has 3 aliphatic heterocycles. The molecule has 23 heavy (non-hydrogen) atoms. The average molecular weight is 336 g/mol. The first-order valence-corrected chi connectivity index (χ1v) is 8.04. The fourth-order valence-corrected chi connectivity index (χ4v) is 3.83. The average Bonchev–Trinajstić information content (AvgIpc) is 2.99. The van der Waals surface area contributed by atoms with Crippen LogP contribution in [0.3, 0.4) is 0 Å². The third kappa shape index (κ3) is 2.73. The topological polar surface area (TPSA) is 115 Å². The maximum atomic E-state index is 12.3. The number of hydrogen-bond donors (Lipinski definition) is 3. The molecule has 2 amide bonds. The SMILES string of the molecule is CC#C[C@H](O)[C@@H]1C[C@@H](C)[C@H](N2C(=O)SC3C(=O)NC(=N)N=C32)O1. The Labute approximate surface area is 137 Å². The monoisotopic (exact) mass is 336 g/mol. The summed E-state index contributed by atoms with van der Waals surface area (Å²) in [4.78, 5) is 29.5. The van der Waals surface area contributed by atoms with Gasteiger partial charge in [0.1, 0.15) is 18.2 Å². The van der Waals surface area contributed by atoms with E-state index in [1.54, 1.807) is 6.92 Å². The predicted octanol–water partition coefficient (Wildman–Crippen LogP) is 0.122. The molecule has 8 nitrogen and oxygen atoms in total. The largest absolute Gasteiger partial charge is 0.378 e. The summed E-state index contributed by atoms with van der Waals surface area (Å²) >= 11 is 0.854. The van der Waals surface area contributed by atoms with Crippen molar-refractivity contribution in [1.82, 2.24) is 10.2 Å². The summed E-state index contributed by atoms with van der Waals surface area (Å²) in [6.45, 7) is 3.53. The highest BCUT2D eigenvalue weighted by Gasteiger charge is 2.51. The van der Waals surface area contributed by atoms with Crippen LogP contribution in [0.2, 0.25) is 0 Å². The van der Waals surface area contributed by atoms with Gasteiger partial charge >= 0.3 is 0 Å². The summed E-state index contributed by atoms with van der Waals surface area (Å²) in [5, 5.41) is 18.7. The van der Waals surface area contributed by atoms with E-state index in [2.05, 4.69) is 22.2 Å². The van der Waals surface area contributed by atoms with E-state index in [0.29, 0.717) is 6.42 Å². The standard InChI is InChI=1S/C14H16N4O4S/c1-3-4-7(19)8-5-6(2)12(22-8)18-10-9(23-14(18)21)11(20)17-13(15)16-10/h6-9,12,19H,5H2,1-2H3,(H2,15,17,20)/t6-,7+,8+,9?,12-/m1/s1. The number of nitrogens with zero attached hydrogens (tertiary/aromatic N) is 2. The van der Waals surface area contributed by atoms with Crippen LogP contribution < -0.4 is 5.32 Å². The Bertz CT molecular complexity index is 667. The molecule has 0 bridgehead atoms. The number of carbonyl (C=O) groups is 2. The van der Waals surface area contributed by atoms with Gasteiger partial charge in [-0.15, -0.1) is 5.92 Å². The van der Waals surface area contributed by atoms with Gasteiger partial charge in [0.25, 0.3) is 5.24 Å². The van der Waals surface area contributed by atoms with Crippen molar-refractivity contribution in [3.63, 3.8) is 0 Å². The third-order valence-corrected chi connectivity index (χ3v) is 4.97. The highest BCUT2D eigenvalue weighted by Crippen LogP contribution is 2.38. The van der Waals surface area contributed by atoms with Crippen LogP contribution in [0.5, 0.6) is 0 Å². The second-order valence-corrected chi connectivity index (χ2v) is 6.62. The van der Waals surface area contributed by atoms with Crippen LogP contribution in [0.25, 0.3) is 0 Å². The smallest absolute Gasteiger partial charge is 0.290 e. The Morgan fingerprint density at radius 2 is 2.30 bits per heavy atom. The van der Waals surface area contributed by atoms with Gasteiger partial charge in [-0.3, -0.25) is 25.2 Å². The molecule has 2 fully saturated rings. The van der Waals surface area contributed by atoms with Gasteiger partial charge in [-0.2, -0.15) is 4.99 Å². The van der Waals surface area contributed by atoms with E-state index in [1.165, 1.54) is 4.90 Å². The summed E-state index contributed by atoms with van der Waals surface area (Å²) in [5.74, 6) is 4.73. The lowest BCUT2D eigenvalue weighted by atomic mass is 10.0. The maximum absolute atomic E-state index is 12.3. The van der Waals surface area contributed by atoms with E-state index in [4.69, 9.17) is 10.1 Å². The quantitative estimate of drug-likeness (QED) is 0.620. The zero-order valence-corrected chi connectivity index (χ0v) is 13.4. The zero-order chi connectivity index (χ0) is 16.7. The van der Waals surface area contributed by atoms with E-state index in [0.717, 1.165) is 11.8 Å². The van der Waals surface area contributed by atoms with Gasteiger partial charge in [-0.25, -0.2) is 0 Å². The van der Waals surface area contributed by atoms with E-state index >= 15 is 0 Å². The number of rotatable bonds is 2. The molecular formula is C14H16N4O4S. The minimum absolute atomic E-state index is 0.0570. The minimum Gasteiger partial charge on any atom is -0.378 e. The molecule has 0 spiro atoms. The lowest BCUT2D eigenvalue weighted by Crippen LogP contribution is -2.51. The third-order valence-electron chi connectivity index (χ3n) is 3.91. The van der Waals surface area contributed by atoms with Crippen molar-refractivity contribution in [2.75, 3.05) is 0 Å². The second kappa shape index (κ2) is 5.96. The highest BCUT2D eigenvalue weighted by atomic mass is 32.2. The molecule has 0 aromatic heterocycles. The molecular weight excluding hydrogens is 320 g/mol. The number of carbonyl (C=O) groups excluding carboxylic acids is 2. The lowest BCUT2D eigenvalue weighted by molar-refractivity contribution is -0.118. The number of hydrogen-bond acceptors (Lipinski definition) is 6. The Balaban J connectivity index is 1.86. The van der Waals surface area contributed by atoms with E-state index < -0.39 is 29.6 Å². The Hall–Kier alpha value is -1.89. The number of nitrogens with one attached hydrogen (secondary N) is 2. The Morgan fingerprint density at radius 3 is 3.00 bits per heavy atom. The molecule has 122 valence electrons. The summed E-state index contributed by atoms with van der Waals surface area (Å²) in [7, 11) is 0. The zero-order valence-electron chi connectivity index (χ0n) is 12.6. The van der Waals surface area contributed by atoms with Crippen molar-refractivity contribution in [3.8, 4) is 11.8 Å². The summed E-state index contributed by atoms with van der Waals surface area (Å²) in [6.07, 6.45) is -1.52. The van der Waals surface area contributed by atoms with Gasteiger partial charge in [0.15, 0.2) is 5.25 Å². The minimum atomic E-state index is -0.927. The van der Waals surface area contributed by atoms with Crippen LogP contribution in [0.1, 0.15) is 20.3 Å². The van der Waals surface area contributed by atoms with E-state index in [-0.39, 0.29) is 23.0 Å². The molecule has 0 saturated carbocycles. The van der Waals surface area contributed by atoms with Crippen molar-refractivity contribution in [3.05, 3.63) is 0 Å². The normalized spacial score (nSPS) is 34.5. The number of thioether (sulfide) groups is 1. The number of aliphatic imine (C=N–C) groups is 1. The van der Waals surface area contributed by atoms with Crippen LogP contribution in [0, 0.1) is 23.2 Å². The van der Waals surface area contributed by atoms with Crippen LogP contribution in [-0.4, -0.2) is 56.6 Å². The van der Waals surface area contributed by atoms with Crippen LogP contribution in [0.15, 0.2) is 4.99 Å². The van der Waals surface area contributed by atoms with Gasteiger partial charge in [-0.05, 0) is 25.1 Å². The van der Waals surface area contributed by atoms with Crippen molar-refractivity contribution >= 4 is 34.7 Å². The first-order valence-electron chi connectivity index (χ1n) is 7.16. The fraction of sp³-hybridized carbons (Fsp3) is 0.571. The molecule has 2 saturated heterocycles. The molecule has 0 radical (unpaired) electrons. The molecule has 9 heteroatoms. The molecule has 3 N–H and O–H groups in total. The Morgan fingerprint density at radius 1 is 1.57 bits per heavy atom. The van der Waals surface area contributed by atoms with Crippen LogP contribution in [-0.2, 0) is 9.53 Å². The summed E-state index contributed by atoms with van der Waals surface area (Å²) < 4.78 is 5.82. The molecule has 0 aromatic carbocycles. The molecule has 3 rings (SSSR count). The summed E-state index contributed by atoms with van der Waals surface area (Å²) in [6, 6.07) is 0. The van der Waals surface area contributed by atoms with Crippen LogP contribution in [0.4, 0.5) is 4.79 Å². The molecule has 3 aliphatic rings. The van der Waals surface area contributed by atoms with Gasteiger partial charge in [0, 0.05) is 5.92 Å². The highest BCUT2D eigenvalue weighted by molar-refractivity contribution is 8.16. The van der Waals surface area contributed by atoms with Gasteiger partial charge < -0.3 is 9.84 Å². The van der Waals surface area contributed by atoms with Crippen molar-refractivity contribution in [2.24, 2.45) is 10.9 Å². The van der Waals surface area contributed by atoms with E-state index in [9.17, 15) is 14.7 Å². The second-order valence-electron chi connectivity index (χ2n) is 5.56. The predicted molar refractivity (Wildman–Crippen MR) is 83.8 cm³/mol. The number of amidine groups is 1. The van der Waals surface area contributed by atoms with E-state index in [1.807, 2.05) is 6.92 Å². The molecule has 5 atom stereocenters. The molecule has 1 unspecified atom stereocenters. The first kappa shape index (κ1) is 16.0. The van der Waals surface area contributed by atoms with Gasteiger partial charge in [0.2, 0.25) is 11.9 Å². The van der Waals surface area contributed by atoms with Crippen molar-refractivity contribution < 1.29 is 19.4 Å². The number of aliphatic hydroxyl groups is 1. The number of guanidine groups is 1. The molecule has 3 heterocycles. The van der Waals surface area contributed by atoms with Crippen LogP contribution >= 0.6 is 11.8 Å². The fourth-order valence-electron chi connectivity index (χ4n) is 2.88. The Kier molecular flexibility index (Phi) is 4.14. The van der Waals surface area contributed by atoms with Gasteiger partial charge in [0.05, 0.1) is 6.10 Å². The summed E-state index contributed by atoms with van der Waals surface area (Å²) in [5.41, 5.74) is 0. The molecule has 0 aliphatic carbocycles. The first-order chi connectivity index (χ1) is 10.9. The molecule has 0 aromatic rings. The number of fused-ring (bicyclic) bond motifs is 1. The maximum Gasteiger partial charge on any atom is 0.290 e. The van der Waals surface area contributed by atoms with Crippen molar-refractivity contribution in [1.29, 1.82) is 5.41 Å². The lowest BCUT2D eigenvalue weighted by Gasteiger charge is -2.28. The number of amides is 2. The van der Waals surface area contributed by atoms with Crippen molar-refractivity contribution in [2.45, 2.75) is 44.0 Å². The van der Waals surface area contributed by atoms with Gasteiger partial charge in [-0.1, -0.05) is 12.8 Å². The number of ether oxygens (including phenoxy) is 1.